The highest BCUT2D eigenvalue weighted by Crippen LogP contribution is 2.24. The van der Waals surface area contributed by atoms with Gasteiger partial charge in [-0.25, -0.2) is 0 Å². The molecule has 3 nitrogen and oxygen atoms in total. The van der Waals surface area contributed by atoms with Crippen molar-refractivity contribution in [1.29, 1.82) is 0 Å². The van der Waals surface area contributed by atoms with Gasteiger partial charge < -0.3 is 0 Å². The maximum absolute atomic E-state index is 12.3. The molecule has 1 aromatic heterocycles. The molecular formula is C18H16ClNO2. The van der Waals surface area contributed by atoms with E-state index in [1.54, 1.807) is 12.1 Å². The van der Waals surface area contributed by atoms with E-state index in [9.17, 15) is 9.59 Å². The summed E-state index contributed by atoms with van der Waals surface area (Å²) in [7, 11) is 0. The molecule has 1 aromatic carbocycles. The average molecular weight is 314 g/mol. The van der Waals surface area contributed by atoms with E-state index in [4.69, 9.17) is 11.6 Å². The van der Waals surface area contributed by atoms with Crippen LogP contribution in [0.2, 0.25) is 5.02 Å². The second-order valence-corrected chi connectivity index (χ2v) is 5.92. The quantitative estimate of drug-likeness (QED) is 0.782. The van der Waals surface area contributed by atoms with Crippen LogP contribution in [0.4, 0.5) is 0 Å². The third-order valence-electron chi connectivity index (χ3n) is 4.02. The summed E-state index contributed by atoms with van der Waals surface area (Å²) < 4.78 is 0. The Balaban J connectivity index is 1.65. The SMILES string of the molecule is O=C(CCC(=O)c1ncccc1Cl)c1ccc2c(c1)CCC2. The predicted octanol–water partition coefficient (Wildman–Crippen LogP) is 4.07. The molecule has 1 aliphatic rings. The third-order valence-corrected chi connectivity index (χ3v) is 4.33. The molecule has 0 saturated heterocycles. The summed E-state index contributed by atoms with van der Waals surface area (Å²) in [5.41, 5.74) is 3.55. The van der Waals surface area contributed by atoms with E-state index in [-0.39, 0.29) is 30.1 Å². The van der Waals surface area contributed by atoms with Crippen LogP contribution in [0.25, 0.3) is 0 Å². The Morgan fingerprint density at radius 1 is 1.05 bits per heavy atom. The molecule has 1 heterocycles. The lowest BCUT2D eigenvalue weighted by Gasteiger charge is -2.05. The first-order valence-corrected chi connectivity index (χ1v) is 7.81. The van der Waals surface area contributed by atoms with Gasteiger partial charge >= 0.3 is 0 Å². The topological polar surface area (TPSA) is 47.0 Å². The van der Waals surface area contributed by atoms with Gasteiger partial charge in [0.25, 0.3) is 0 Å². The van der Waals surface area contributed by atoms with E-state index in [0.29, 0.717) is 10.6 Å². The van der Waals surface area contributed by atoms with Gasteiger partial charge in [0, 0.05) is 24.6 Å². The number of carbonyl (C=O) groups excluding carboxylic acids is 2. The molecule has 0 N–H and O–H groups in total. The minimum atomic E-state index is -0.194. The lowest BCUT2D eigenvalue weighted by molar-refractivity contribution is 0.0915. The van der Waals surface area contributed by atoms with Crippen molar-refractivity contribution in [3.8, 4) is 0 Å². The lowest BCUT2D eigenvalue weighted by Crippen LogP contribution is -2.07. The van der Waals surface area contributed by atoms with E-state index in [1.807, 2.05) is 18.2 Å². The van der Waals surface area contributed by atoms with Crippen molar-refractivity contribution in [3.05, 3.63) is 63.9 Å². The first-order chi connectivity index (χ1) is 10.6. The van der Waals surface area contributed by atoms with Gasteiger partial charge in [-0.1, -0.05) is 23.7 Å². The molecule has 0 atom stereocenters. The first kappa shape index (κ1) is 14.9. The number of nitrogens with zero attached hydrogens (tertiary/aromatic N) is 1. The van der Waals surface area contributed by atoms with E-state index in [0.717, 1.165) is 19.3 Å². The minimum Gasteiger partial charge on any atom is -0.294 e. The Labute approximate surface area is 134 Å². The fourth-order valence-electron chi connectivity index (χ4n) is 2.83. The van der Waals surface area contributed by atoms with Crippen LogP contribution in [0.3, 0.4) is 0 Å². The summed E-state index contributed by atoms with van der Waals surface area (Å²) in [5.74, 6) is -0.199. The van der Waals surface area contributed by atoms with Gasteiger partial charge in [-0.15, -0.1) is 0 Å². The number of fused-ring (bicyclic) bond motifs is 1. The van der Waals surface area contributed by atoms with Crippen molar-refractivity contribution in [2.24, 2.45) is 0 Å². The second-order valence-electron chi connectivity index (χ2n) is 5.52. The third kappa shape index (κ3) is 3.09. The number of carbonyl (C=O) groups is 2. The molecule has 2 aromatic rings. The van der Waals surface area contributed by atoms with Gasteiger partial charge in [0.05, 0.1) is 5.02 Å². The first-order valence-electron chi connectivity index (χ1n) is 7.44. The molecule has 0 spiro atoms. The van der Waals surface area contributed by atoms with Crippen LogP contribution in [0.1, 0.15) is 51.2 Å². The molecule has 0 aliphatic heterocycles. The largest absolute Gasteiger partial charge is 0.294 e. The molecule has 1 aliphatic carbocycles. The van der Waals surface area contributed by atoms with Gasteiger partial charge in [0.15, 0.2) is 11.6 Å². The average Bonchev–Trinajstić information content (AvgIpc) is 3.00. The molecule has 0 radical (unpaired) electrons. The van der Waals surface area contributed by atoms with Gasteiger partial charge in [0.2, 0.25) is 0 Å². The number of aryl methyl sites for hydroxylation is 2. The molecule has 4 heteroatoms. The van der Waals surface area contributed by atoms with E-state index in [2.05, 4.69) is 4.98 Å². The van der Waals surface area contributed by atoms with Gasteiger partial charge in [0.1, 0.15) is 5.69 Å². The van der Waals surface area contributed by atoms with Crippen molar-refractivity contribution in [2.45, 2.75) is 32.1 Å². The van der Waals surface area contributed by atoms with Crippen LogP contribution in [0, 0.1) is 0 Å². The predicted molar refractivity (Wildman–Crippen MR) is 85.6 cm³/mol. The van der Waals surface area contributed by atoms with E-state index < -0.39 is 0 Å². The number of halogens is 1. The molecule has 22 heavy (non-hydrogen) atoms. The zero-order valence-corrected chi connectivity index (χ0v) is 12.9. The van der Waals surface area contributed by atoms with Crippen molar-refractivity contribution in [3.63, 3.8) is 0 Å². The smallest absolute Gasteiger partial charge is 0.183 e. The number of hydrogen-bond acceptors (Lipinski definition) is 3. The number of Topliss-reactive ketones (excluding diaryl/α,β-unsaturated/α-hetero) is 2. The van der Waals surface area contributed by atoms with Crippen molar-refractivity contribution < 1.29 is 9.59 Å². The van der Waals surface area contributed by atoms with E-state index in [1.165, 1.54) is 17.3 Å². The summed E-state index contributed by atoms with van der Waals surface area (Å²) >= 11 is 5.95. The molecule has 0 unspecified atom stereocenters. The molecule has 0 bridgehead atoms. The number of hydrogen-bond donors (Lipinski definition) is 0. The molecule has 112 valence electrons. The zero-order chi connectivity index (χ0) is 15.5. The summed E-state index contributed by atoms with van der Waals surface area (Å²) in [4.78, 5) is 28.3. The van der Waals surface area contributed by atoms with Crippen LogP contribution < -0.4 is 0 Å². The molecule has 0 amide bonds. The molecule has 0 fully saturated rings. The van der Waals surface area contributed by atoms with Crippen LogP contribution in [-0.2, 0) is 12.8 Å². The Hall–Kier alpha value is -2.00. The number of pyridine rings is 1. The fraction of sp³-hybridized carbons (Fsp3) is 0.278. The zero-order valence-electron chi connectivity index (χ0n) is 12.1. The summed E-state index contributed by atoms with van der Waals surface area (Å²) in [6.07, 6.45) is 5.14. The van der Waals surface area contributed by atoms with Crippen LogP contribution >= 0.6 is 11.6 Å². The maximum Gasteiger partial charge on any atom is 0.183 e. The van der Waals surface area contributed by atoms with Gasteiger partial charge in [-0.3, -0.25) is 14.6 Å². The summed E-state index contributed by atoms with van der Waals surface area (Å²) in [5, 5.41) is 0.331. The second kappa shape index (κ2) is 6.41. The van der Waals surface area contributed by atoms with Crippen LogP contribution in [0.15, 0.2) is 36.5 Å². The molecule has 0 saturated carbocycles. The molecular weight excluding hydrogens is 298 g/mol. The standard InChI is InChI=1S/C18H16ClNO2/c19-15-5-2-10-20-18(15)17(22)9-8-16(21)14-7-6-12-3-1-4-13(12)11-14/h2,5-7,10-11H,1,3-4,8-9H2. The highest BCUT2D eigenvalue weighted by molar-refractivity contribution is 6.33. The Morgan fingerprint density at radius 3 is 2.64 bits per heavy atom. The highest BCUT2D eigenvalue weighted by Gasteiger charge is 2.16. The van der Waals surface area contributed by atoms with Gasteiger partial charge in [-0.05, 0) is 48.6 Å². The Bertz CT molecular complexity index is 740. The van der Waals surface area contributed by atoms with Crippen molar-refractivity contribution >= 4 is 23.2 Å². The normalized spacial score (nSPS) is 13.0. The monoisotopic (exact) mass is 313 g/mol. The summed E-state index contributed by atoms with van der Waals surface area (Å²) in [6, 6.07) is 9.18. The molecule has 3 rings (SSSR count). The number of benzene rings is 1. The Kier molecular flexibility index (Phi) is 4.34. The highest BCUT2D eigenvalue weighted by atomic mass is 35.5. The van der Waals surface area contributed by atoms with Crippen molar-refractivity contribution in [2.75, 3.05) is 0 Å². The lowest BCUT2D eigenvalue weighted by atomic mass is 10.00. The number of aromatic nitrogens is 1. The maximum atomic E-state index is 12.3. The van der Waals surface area contributed by atoms with Gasteiger partial charge in [-0.2, -0.15) is 0 Å². The Morgan fingerprint density at radius 2 is 1.82 bits per heavy atom. The van der Waals surface area contributed by atoms with Crippen LogP contribution in [-0.4, -0.2) is 16.6 Å². The van der Waals surface area contributed by atoms with Crippen LogP contribution in [0.5, 0.6) is 0 Å². The minimum absolute atomic E-state index is 0.00453. The summed E-state index contributed by atoms with van der Waals surface area (Å²) in [6.45, 7) is 0. The fourth-order valence-corrected chi connectivity index (χ4v) is 3.05. The number of rotatable bonds is 5. The number of ketones is 2. The van der Waals surface area contributed by atoms with E-state index >= 15 is 0 Å². The van der Waals surface area contributed by atoms with Crippen molar-refractivity contribution in [1.82, 2.24) is 4.98 Å².